The predicted octanol–water partition coefficient (Wildman–Crippen LogP) is 6.92. The van der Waals surface area contributed by atoms with E-state index in [1.165, 1.54) is 39.1 Å². The Labute approximate surface area is 153 Å². The molecule has 1 unspecified atom stereocenters. The number of rotatable bonds is 1. The average molecular weight is 343 g/mol. The smallest absolute Gasteiger partial charge is 0.0406 e. The Morgan fingerprint density at radius 2 is 1.52 bits per heavy atom. The van der Waals surface area contributed by atoms with Crippen molar-refractivity contribution >= 4 is 33.1 Å². The van der Waals surface area contributed by atoms with Crippen LogP contribution in [0.3, 0.4) is 0 Å². The van der Waals surface area contributed by atoms with Gasteiger partial charge in [0, 0.05) is 5.02 Å². The van der Waals surface area contributed by atoms with Gasteiger partial charge in [-0.05, 0) is 75.5 Å². The topological polar surface area (TPSA) is 0 Å². The van der Waals surface area contributed by atoms with Crippen molar-refractivity contribution in [2.75, 3.05) is 0 Å². The highest BCUT2D eigenvalue weighted by Crippen LogP contribution is 2.38. The van der Waals surface area contributed by atoms with Crippen LogP contribution in [0, 0.1) is 0 Å². The van der Waals surface area contributed by atoms with E-state index in [9.17, 15) is 0 Å². The molecule has 0 spiro atoms. The van der Waals surface area contributed by atoms with Crippen molar-refractivity contribution in [3.8, 4) is 0 Å². The number of hydrogen-bond donors (Lipinski definition) is 0. The Hall–Kier alpha value is -2.31. The highest BCUT2D eigenvalue weighted by atomic mass is 35.5. The SMILES string of the molecule is Clc1ccc(C2CCc3c(ccc4c3ccc3ccccc34)C2)cc1. The highest BCUT2D eigenvalue weighted by Gasteiger charge is 2.22. The second-order valence-electron chi connectivity index (χ2n) is 7.08. The van der Waals surface area contributed by atoms with Gasteiger partial charge in [0.05, 0.1) is 0 Å². The quantitative estimate of drug-likeness (QED) is 0.329. The van der Waals surface area contributed by atoms with E-state index in [-0.39, 0.29) is 0 Å². The molecular weight excluding hydrogens is 324 g/mol. The molecule has 0 radical (unpaired) electrons. The second-order valence-corrected chi connectivity index (χ2v) is 7.51. The van der Waals surface area contributed by atoms with Gasteiger partial charge in [-0.2, -0.15) is 0 Å². The number of fused-ring (bicyclic) bond motifs is 5. The number of halogens is 1. The molecule has 0 aromatic heterocycles. The first-order chi connectivity index (χ1) is 12.3. The van der Waals surface area contributed by atoms with Crippen LogP contribution < -0.4 is 0 Å². The summed E-state index contributed by atoms with van der Waals surface area (Å²) in [6.45, 7) is 0. The molecule has 0 nitrogen and oxygen atoms in total. The van der Waals surface area contributed by atoms with Crippen LogP contribution in [0.5, 0.6) is 0 Å². The normalized spacial score (nSPS) is 16.9. The zero-order valence-corrected chi connectivity index (χ0v) is 14.8. The summed E-state index contributed by atoms with van der Waals surface area (Å²) >= 11 is 6.04. The maximum Gasteiger partial charge on any atom is 0.0406 e. The van der Waals surface area contributed by atoms with Gasteiger partial charge in [-0.15, -0.1) is 0 Å². The first-order valence-electron chi connectivity index (χ1n) is 8.97. The maximum absolute atomic E-state index is 6.04. The molecule has 0 saturated carbocycles. The Balaban J connectivity index is 1.60. The van der Waals surface area contributed by atoms with Gasteiger partial charge in [0.1, 0.15) is 0 Å². The molecule has 0 heterocycles. The molecule has 0 amide bonds. The molecule has 5 rings (SSSR count). The van der Waals surface area contributed by atoms with Crippen molar-refractivity contribution in [2.24, 2.45) is 0 Å². The Morgan fingerprint density at radius 1 is 0.720 bits per heavy atom. The molecule has 1 aliphatic carbocycles. The summed E-state index contributed by atoms with van der Waals surface area (Å²) in [4.78, 5) is 0. The molecule has 4 aromatic carbocycles. The second kappa shape index (κ2) is 5.89. The van der Waals surface area contributed by atoms with Crippen molar-refractivity contribution in [1.82, 2.24) is 0 Å². The van der Waals surface area contributed by atoms with Crippen LogP contribution >= 0.6 is 11.6 Å². The molecule has 1 atom stereocenters. The van der Waals surface area contributed by atoms with Crippen LogP contribution in [-0.4, -0.2) is 0 Å². The van der Waals surface area contributed by atoms with E-state index in [0.29, 0.717) is 5.92 Å². The third kappa shape index (κ3) is 2.53. The molecule has 1 aliphatic rings. The Bertz CT molecular complexity index is 1080. The van der Waals surface area contributed by atoms with Gasteiger partial charge in [-0.1, -0.05) is 72.3 Å². The molecule has 4 aromatic rings. The van der Waals surface area contributed by atoms with Crippen LogP contribution in [0.15, 0.2) is 72.8 Å². The molecule has 0 fully saturated rings. The molecule has 0 bridgehead atoms. The largest absolute Gasteiger partial charge is 0.0843 e. The molecular formula is C24H19Cl. The van der Waals surface area contributed by atoms with E-state index in [0.717, 1.165) is 17.9 Å². The van der Waals surface area contributed by atoms with Gasteiger partial charge in [0.25, 0.3) is 0 Å². The van der Waals surface area contributed by atoms with Crippen molar-refractivity contribution in [3.63, 3.8) is 0 Å². The van der Waals surface area contributed by atoms with Crippen LogP contribution in [0.2, 0.25) is 5.02 Å². The number of benzene rings is 4. The van der Waals surface area contributed by atoms with Gasteiger partial charge in [-0.25, -0.2) is 0 Å². The highest BCUT2D eigenvalue weighted by molar-refractivity contribution is 6.30. The molecule has 1 heteroatoms. The Morgan fingerprint density at radius 3 is 2.40 bits per heavy atom. The van der Waals surface area contributed by atoms with E-state index < -0.39 is 0 Å². The minimum Gasteiger partial charge on any atom is -0.0843 e. The molecule has 0 saturated heterocycles. The fourth-order valence-electron chi connectivity index (χ4n) is 4.39. The fourth-order valence-corrected chi connectivity index (χ4v) is 4.51. The van der Waals surface area contributed by atoms with Gasteiger partial charge in [-0.3, -0.25) is 0 Å². The predicted molar refractivity (Wildman–Crippen MR) is 108 cm³/mol. The monoisotopic (exact) mass is 342 g/mol. The van der Waals surface area contributed by atoms with Crippen LogP contribution in [0.1, 0.15) is 29.0 Å². The van der Waals surface area contributed by atoms with E-state index in [1.807, 2.05) is 12.1 Å². The van der Waals surface area contributed by atoms with Gasteiger partial charge in [0.2, 0.25) is 0 Å². The number of hydrogen-bond acceptors (Lipinski definition) is 0. The van der Waals surface area contributed by atoms with Crippen LogP contribution in [-0.2, 0) is 12.8 Å². The minimum absolute atomic E-state index is 0.600. The fraction of sp³-hybridized carbons (Fsp3) is 0.167. The summed E-state index contributed by atoms with van der Waals surface area (Å²) in [5, 5.41) is 6.33. The lowest BCUT2D eigenvalue weighted by Crippen LogP contribution is -2.13. The Kier molecular flexibility index (Phi) is 3.53. The van der Waals surface area contributed by atoms with Crippen molar-refractivity contribution in [1.29, 1.82) is 0 Å². The summed E-state index contributed by atoms with van der Waals surface area (Å²) in [5.74, 6) is 0.600. The van der Waals surface area contributed by atoms with E-state index in [1.54, 1.807) is 5.56 Å². The number of aryl methyl sites for hydroxylation is 1. The van der Waals surface area contributed by atoms with Crippen molar-refractivity contribution < 1.29 is 0 Å². The lowest BCUT2D eigenvalue weighted by Gasteiger charge is -2.26. The summed E-state index contributed by atoms with van der Waals surface area (Å²) in [7, 11) is 0. The van der Waals surface area contributed by atoms with Crippen molar-refractivity contribution in [3.05, 3.63) is 94.5 Å². The summed E-state index contributed by atoms with van der Waals surface area (Å²) in [6.07, 6.45) is 3.48. The molecule has 122 valence electrons. The van der Waals surface area contributed by atoms with Crippen molar-refractivity contribution in [2.45, 2.75) is 25.2 Å². The first kappa shape index (κ1) is 15.0. The summed E-state index contributed by atoms with van der Waals surface area (Å²) < 4.78 is 0. The molecule has 25 heavy (non-hydrogen) atoms. The average Bonchev–Trinajstić information content (AvgIpc) is 2.67. The third-order valence-electron chi connectivity index (χ3n) is 5.69. The first-order valence-corrected chi connectivity index (χ1v) is 9.35. The van der Waals surface area contributed by atoms with Gasteiger partial charge >= 0.3 is 0 Å². The molecule has 0 aliphatic heterocycles. The lowest BCUT2D eigenvalue weighted by molar-refractivity contribution is 0.588. The zero-order valence-electron chi connectivity index (χ0n) is 14.0. The standard InChI is InChI=1S/C24H19Cl/c25-20-10-5-16(6-11-20)18-8-12-22-19(15-18)9-14-23-21-4-2-1-3-17(21)7-13-24(22)23/h1-7,9-11,13-14,18H,8,12,15H2. The zero-order chi connectivity index (χ0) is 16.8. The van der Waals surface area contributed by atoms with E-state index >= 15 is 0 Å². The van der Waals surface area contributed by atoms with Gasteiger partial charge < -0.3 is 0 Å². The van der Waals surface area contributed by atoms with E-state index in [4.69, 9.17) is 11.6 Å². The molecule has 0 N–H and O–H groups in total. The van der Waals surface area contributed by atoms with Crippen LogP contribution in [0.25, 0.3) is 21.5 Å². The maximum atomic E-state index is 6.04. The third-order valence-corrected chi connectivity index (χ3v) is 5.94. The van der Waals surface area contributed by atoms with Gasteiger partial charge in [0.15, 0.2) is 0 Å². The minimum atomic E-state index is 0.600. The van der Waals surface area contributed by atoms with Crippen LogP contribution in [0.4, 0.5) is 0 Å². The lowest BCUT2D eigenvalue weighted by atomic mass is 9.78. The summed E-state index contributed by atoms with van der Waals surface area (Å²) in [6, 6.07) is 26.3. The van der Waals surface area contributed by atoms with E-state index in [2.05, 4.69) is 60.7 Å². The summed E-state index contributed by atoms with van der Waals surface area (Å²) in [5.41, 5.74) is 4.47.